The van der Waals surface area contributed by atoms with Crippen molar-refractivity contribution < 1.29 is 0 Å². The van der Waals surface area contributed by atoms with Crippen LogP contribution in [-0.4, -0.2) is 4.57 Å². The van der Waals surface area contributed by atoms with E-state index < -0.39 is 0 Å². The van der Waals surface area contributed by atoms with E-state index in [4.69, 9.17) is 0 Å². The predicted octanol–water partition coefficient (Wildman–Crippen LogP) is 10.4. The standard InChI is InChI=1S/C38H25N/c1-2-14-33-26(9-1)19-20-27-21-22-31(25-36(27)33)29-11-7-10-28(23-29)30-12-8-13-32(24-30)39-37-17-5-3-15-34(37)35-16-4-6-18-38(35)39/h1-25H. The second-order valence-corrected chi connectivity index (χ2v) is 10.2. The fraction of sp³-hybridized carbons (Fsp3) is 0. The number of hydrogen-bond donors (Lipinski definition) is 0. The number of aromatic nitrogens is 1. The van der Waals surface area contributed by atoms with Gasteiger partial charge < -0.3 is 4.57 Å². The molecule has 39 heavy (non-hydrogen) atoms. The van der Waals surface area contributed by atoms with Crippen LogP contribution >= 0.6 is 0 Å². The van der Waals surface area contributed by atoms with Crippen molar-refractivity contribution in [2.45, 2.75) is 0 Å². The zero-order valence-electron chi connectivity index (χ0n) is 21.4. The first-order chi connectivity index (χ1) is 19.3. The van der Waals surface area contributed by atoms with E-state index in [9.17, 15) is 0 Å². The SMILES string of the molecule is c1cc(-c2cccc(-n3c4ccccc4c4ccccc43)c2)cc(-c2ccc3ccc4ccccc4c3c2)c1. The maximum atomic E-state index is 2.38. The van der Waals surface area contributed by atoms with E-state index in [1.54, 1.807) is 0 Å². The Morgan fingerprint density at radius 2 is 0.821 bits per heavy atom. The summed E-state index contributed by atoms with van der Waals surface area (Å²) in [4.78, 5) is 0. The molecule has 0 spiro atoms. The van der Waals surface area contributed by atoms with Gasteiger partial charge in [-0.1, -0.05) is 115 Å². The highest BCUT2D eigenvalue weighted by molar-refractivity contribution is 6.10. The molecule has 0 saturated heterocycles. The molecule has 0 bridgehead atoms. The largest absolute Gasteiger partial charge is 0.309 e. The quantitative estimate of drug-likeness (QED) is 0.215. The van der Waals surface area contributed by atoms with Crippen LogP contribution in [0, 0.1) is 0 Å². The first-order valence-corrected chi connectivity index (χ1v) is 13.4. The van der Waals surface area contributed by atoms with Gasteiger partial charge in [-0.25, -0.2) is 0 Å². The smallest absolute Gasteiger partial charge is 0.0541 e. The van der Waals surface area contributed by atoms with Crippen LogP contribution in [0.3, 0.4) is 0 Å². The zero-order chi connectivity index (χ0) is 25.8. The van der Waals surface area contributed by atoms with Crippen LogP contribution in [0.4, 0.5) is 0 Å². The lowest BCUT2D eigenvalue weighted by Crippen LogP contribution is -1.94. The summed E-state index contributed by atoms with van der Waals surface area (Å²) in [6.07, 6.45) is 0. The topological polar surface area (TPSA) is 4.93 Å². The Balaban J connectivity index is 1.26. The van der Waals surface area contributed by atoms with Gasteiger partial charge in [-0.3, -0.25) is 0 Å². The number of hydrogen-bond acceptors (Lipinski definition) is 0. The third-order valence-corrected chi connectivity index (χ3v) is 7.96. The molecule has 8 rings (SSSR count). The summed E-state index contributed by atoms with van der Waals surface area (Å²) in [5, 5.41) is 7.70. The molecule has 0 N–H and O–H groups in total. The highest BCUT2D eigenvalue weighted by atomic mass is 15.0. The van der Waals surface area contributed by atoms with Gasteiger partial charge in [0.05, 0.1) is 11.0 Å². The molecule has 8 aromatic rings. The van der Waals surface area contributed by atoms with E-state index in [2.05, 4.69) is 156 Å². The van der Waals surface area contributed by atoms with E-state index in [-0.39, 0.29) is 0 Å². The van der Waals surface area contributed by atoms with Crippen molar-refractivity contribution in [1.29, 1.82) is 0 Å². The van der Waals surface area contributed by atoms with E-state index in [0.717, 1.165) is 0 Å². The minimum Gasteiger partial charge on any atom is -0.309 e. The lowest BCUT2D eigenvalue weighted by atomic mass is 9.95. The average molecular weight is 496 g/mol. The van der Waals surface area contributed by atoms with Gasteiger partial charge in [-0.15, -0.1) is 0 Å². The van der Waals surface area contributed by atoms with Crippen LogP contribution in [0.5, 0.6) is 0 Å². The molecule has 1 heteroatoms. The second kappa shape index (κ2) is 8.72. The molecule has 0 radical (unpaired) electrons. The summed E-state index contributed by atoms with van der Waals surface area (Å²) in [7, 11) is 0. The summed E-state index contributed by atoms with van der Waals surface area (Å²) in [5.74, 6) is 0. The van der Waals surface area contributed by atoms with Crippen LogP contribution in [0.2, 0.25) is 0 Å². The van der Waals surface area contributed by atoms with Crippen LogP contribution in [0.25, 0.3) is 71.3 Å². The Bertz CT molecular complexity index is 2130. The van der Waals surface area contributed by atoms with Gasteiger partial charge in [0.15, 0.2) is 0 Å². The molecule has 0 saturated carbocycles. The van der Waals surface area contributed by atoms with Crippen molar-refractivity contribution in [2.75, 3.05) is 0 Å². The van der Waals surface area contributed by atoms with E-state index >= 15 is 0 Å². The van der Waals surface area contributed by atoms with E-state index in [0.29, 0.717) is 0 Å². The van der Waals surface area contributed by atoms with Gasteiger partial charge in [0.25, 0.3) is 0 Å². The second-order valence-electron chi connectivity index (χ2n) is 10.2. The zero-order valence-corrected chi connectivity index (χ0v) is 21.4. The fourth-order valence-corrected chi connectivity index (χ4v) is 6.09. The van der Waals surface area contributed by atoms with Crippen molar-refractivity contribution in [3.63, 3.8) is 0 Å². The lowest BCUT2D eigenvalue weighted by Gasteiger charge is -2.12. The van der Waals surface area contributed by atoms with Crippen molar-refractivity contribution in [1.82, 2.24) is 4.57 Å². The van der Waals surface area contributed by atoms with Gasteiger partial charge >= 0.3 is 0 Å². The molecule has 1 aromatic heterocycles. The Morgan fingerprint density at radius 3 is 1.54 bits per heavy atom. The summed E-state index contributed by atoms with van der Waals surface area (Å²) < 4.78 is 2.38. The van der Waals surface area contributed by atoms with Gasteiger partial charge in [-0.05, 0) is 80.2 Å². The summed E-state index contributed by atoms with van der Waals surface area (Å²) in [6.45, 7) is 0. The number of para-hydroxylation sites is 2. The van der Waals surface area contributed by atoms with Crippen molar-refractivity contribution in [3.05, 3.63) is 152 Å². The minimum absolute atomic E-state index is 1.17. The molecule has 182 valence electrons. The number of rotatable bonds is 3. The average Bonchev–Trinajstić information content (AvgIpc) is 3.35. The molecule has 0 aliphatic rings. The van der Waals surface area contributed by atoms with Crippen LogP contribution < -0.4 is 0 Å². The first kappa shape index (κ1) is 21.9. The van der Waals surface area contributed by atoms with E-state index in [1.807, 2.05) is 0 Å². The maximum Gasteiger partial charge on any atom is 0.0541 e. The van der Waals surface area contributed by atoms with Crippen molar-refractivity contribution in [3.8, 4) is 27.9 Å². The van der Waals surface area contributed by atoms with Gasteiger partial charge in [0.1, 0.15) is 0 Å². The van der Waals surface area contributed by atoms with Crippen molar-refractivity contribution in [2.24, 2.45) is 0 Å². The monoisotopic (exact) mass is 495 g/mol. The molecule has 1 nitrogen and oxygen atoms in total. The normalized spacial score (nSPS) is 11.6. The summed E-state index contributed by atoms with van der Waals surface area (Å²) >= 11 is 0. The molecule has 1 heterocycles. The molecule has 0 unspecified atom stereocenters. The molecule has 0 amide bonds. The molecular weight excluding hydrogens is 470 g/mol. The first-order valence-electron chi connectivity index (χ1n) is 13.4. The minimum atomic E-state index is 1.17. The van der Waals surface area contributed by atoms with Crippen molar-refractivity contribution >= 4 is 43.4 Å². The van der Waals surface area contributed by atoms with Crippen LogP contribution in [0.1, 0.15) is 0 Å². The fourth-order valence-electron chi connectivity index (χ4n) is 6.09. The maximum absolute atomic E-state index is 2.38. The predicted molar refractivity (Wildman–Crippen MR) is 167 cm³/mol. The summed E-state index contributed by atoms with van der Waals surface area (Å²) in [6, 6.07) is 55.1. The highest BCUT2D eigenvalue weighted by Crippen LogP contribution is 2.35. The van der Waals surface area contributed by atoms with Gasteiger partial charge in [0.2, 0.25) is 0 Å². The van der Waals surface area contributed by atoms with Gasteiger partial charge in [0, 0.05) is 16.5 Å². The van der Waals surface area contributed by atoms with Crippen LogP contribution in [0.15, 0.2) is 152 Å². The summed E-state index contributed by atoms with van der Waals surface area (Å²) in [5.41, 5.74) is 8.52. The number of fused-ring (bicyclic) bond motifs is 6. The third kappa shape index (κ3) is 3.55. The van der Waals surface area contributed by atoms with Gasteiger partial charge in [-0.2, -0.15) is 0 Å². The van der Waals surface area contributed by atoms with E-state index in [1.165, 1.54) is 71.3 Å². The molecule has 0 fully saturated rings. The third-order valence-electron chi connectivity index (χ3n) is 7.96. The Hall–Kier alpha value is -5.14. The van der Waals surface area contributed by atoms with Crippen LogP contribution in [-0.2, 0) is 0 Å². The molecule has 0 aliphatic carbocycles. The highest BCUT2D eigenvalue weighted by Gasteiger charge is 2.12. The molecule has 0 atom stereocenters. The molecule has 0 aliphatic heterocycles. The Labute approximate surface area is 227 Å². The lowest BCUT2D eigenvalue weighted by molar-refractivity contribution is 1.18. The Kier molecular flexibility index (Phi) is 4.89. The molecular formula is C38H25N. The number of nitrogens with zero attached hydrogens (tertiary/aromatic N) is 1. The molecule has 7 aromatic carbocycles. The number of benzene rings is 7. The Morgan fingerprint density at radius 1 is 0.308 bits per heavy atom.